The van der Waals surface area contributed by atoms with Crippen molar-refractivity contribution in [1.29, 1.82) is 0 Å². The predicted molar refractivity (Wildman–Crippen MR) is 91.4 cm³/mol. The van der Waals surface area contributed by atoms with Crippen molar-refractivity contribution in [3.8, 4) is 0 Å². The Labute approximate surface area is 131 Å². The first kappa shape index (κ1) is 14.6. The number of amides is 1. The lowest BCUT2D eigenvalue weighted by molar-refractivity contribution is -0.114. The summed E-state index contributed by atoms with van der Waals surface area (Å²) in [6.07, 6.45) is 4.77. The Morgan fingerprint density at radius 3 is 2.64 bits per heavy atom. The van der Waals surface area contributed by atoms with Crippen LogP contribution in [-0.2, 0) is 17.6 Å². The molecule has 3 nitrogen and oxygen atoms in total. The molecule has 2 aromatic carbocycles. The van der Waals surface area contributed by atoms with Crippen LogP contribution >= 0.6 is 0 Å². The molecule has 0 heterocycles. The van der Waals surface area contributed by atoms with E-state index in [1.807, 2.05) is 31.2 Å². The average Bonchev–Trinajstić information content (AvgIpc) is 2.55. The highest BCUT2D eigenvalue weighted by Gasteiger charge is 2.13. The minimum atomic E-state index is -0.0164. The van der Waals surface area contributed by atoms with E-state index in [4.69, 9.17) is 0 Å². The number of benzene rings is 2. The summed E-state index contributed by atoms with van der Waals surface area (Å²) in [5, 5.41) is 6.21. The van der Waals surface area contributed by atoms with Crippen molar-refractivity contribution in [2.45, 2.75) is 32.6 Å². The van der Waals surface area contributed by atoms with Gasteiger partial charge in [-0.15, -0.1) is 0 Å². The van der Waals surface area contributed by atoms with E-state index in [2.05, 4.69) is 28.8 Å². The summed E-state index contributed by atoms with van der Waals surface area (Å²) < 4.78 is 0. The van der Waals surface area contributed by atoms with E-state index in [-0.39, 0.29) is 5.91 Å². The molecule has 0 unspecified atom stereocenters. The number of hydrogen-bond donors (Lipinski definition) is 2. The van der Waals surface area contributed by atoms with Crippen LogP contribution in [-0.4, -0.2) is 12.5 Å². The number of anilines is 2. The molecular formula is C19H22N2O. The van der Waals surface area contributed by atoms with Gasteiger partial charge in [0.2, 0.25) is 5.91 Å². The first-order valence-corrected chi connectivity index (χ1v) is 7.93. The Morgan fingerprint density at radius 1 is 1.05 bits per heavy atom. The molecule has 22 heavy (non-hydrogen) atoms. The number of carbonyl (C=O) groups is 1. The van der Waals surface area contributed by atoms with E-state index in [0.717, 1.165) is 24.2 Å². The molecule has 3 heteroatoms. The Hall–Kier alpha value is -2.29. The molecule has 0 saturated heterocycles. The lowest BCUT2D eigenvalue weighted by atomic mass is 9.90. The smallest absolute Gasteiger partial charge is 0.243 e. The van der Waals surface area contributed by atoms with Crippen LogP contribution in [0.4, 0.5) is 11.4 Å². The predicted octanol–water partition coefficient (Wildman–Crippen LogP) is 3.92. The first-order chi connectivity index (χ1) is 10.7. The normalized spacial score (nSPS) is 13.3. The maximum Gasteiger partial charge on any atom is 0.243 e. The number of fused-ring (bicyclic) bond motifs is 1. The van der Waals surface area contributed by atoms with Crippen molar-refractivity contribution in [2.75, 3.05) is 17.2 Å². The van der Waals surface area contributed by atoms with Gasteiger partial charge in [-0.3, -0.25) is 4.79 Å². The lowest BCUT2D eigenvalue weighted by Crippen LogP contribution is -2.22. The zero-order valence-corrected chi connectivity index (χ0v) is 13.0. The fourth-order valence-corrected chi connectivity index (χ4v) is 2.96. The van der Waals surface area contributed by atoms with E-state index in [1.54, 1.807) is 0 Å². The van der Waals surface area contributed by atoms with Gasteiger partial charge in [0.25, 0.3) is 0 Å². The molecule has 2 N–H and O–H groups in total. The highest BCUT2D eigenvalue weighted by molar-refractivity contribution is 5.93. The molecule has 0 aromatic heterocycles. The van der Waals surface area contributed by atoms with Crippen LogP contribution in [0.5, 0.6) is 0 Å². The molecule has 0 saturated carbocycles. The molecule has 0 spiro atoms. The van der Waals surface area contributed by atoms with Crippen LogP contribution in [0.2, 0.25) is 0 Å². The summed E-state index contributed by atoms with van der Waals surface area (Å²) in [5.74, 6) is -0.0164. The average molecular weight is 294 g/mol. The van der Waals surface area contributed by atoms with Crippen molar-refractivity contribution in [2.24, 2.45) is 0 Å². The fourth-order valence-electron chi connectivity index (χ4n) is 2.96. The van der Waals surface area contributed by atoms with Gasteiger partial charge in [-0.2, -0.15) is 0 Å². The number of nitrogens with one attached hydrogen (secondary N) is 2. The van der Waals surface area contributed by atoms with E-state index >= 15 is 0 Å². The monoisotopic (exact) mass is 294 g/mol. The second-order valence-corrected chi connectivity index (χ2v) is 5.92. The molecule has 0 atom stereocenters. The molecule has 0 fully saturated rings. The SMILES string of the molecule is Cc1ccc(NC(=O)CNc2cccc3c2CCCC3)cc1. The van der Waals surface area contributed by atoms with Crippen LogP contribution in [0, 0.1) is 6.92 Å². The van der Waals surface area contributed by atoms with Gasteiger partial charge in [0.15, 0.2) is 0 Å². The summed E-state index contributed by atoms with van der Waals surface area (Å²) in [7, 11) is 0. The molecule has 0 radical (unpaired) electrons. The third-order valence-electron chi connectivity index (χ3n) is 4.17. The number of rotatable bonds is 4. The van der Waals surface area contributed by atoms with E-state index in [9.17, 15) is 4.79 Å². The van der Waals surface area contributed by atoms with Gasteiger partial charge in [-0.1, -0.05) is 29.8 Å². The molecule has 114 valence electrons. The summed E-state index contributed by atoms with van der Waals surface area (Å²) in [5.41, 5.74) is 5.95. The Bertz CT molecular complexity index is 662. The van der Waals surface area contributed by atoms with Crippen LogP contribution in [0.25, 0.3) is 0 Å². The molecule has 0 bridgehead atoms. The van der Waals surface area contributed by atoms with E-state index < -0.39 is 0 Å². The van der Waals surface area contributed by atoms with Crippen molar-refractivity contribution in [3.05, 3.63) is 59.2 Å². The zero-order chi connectivity index (χ0) is 15.4. The quantitative estimate of drug-likeness (QED) is 0.897. The van der Waals surface area contributed by atoms with Gasteiger partial charge in [-0.25, -0.2) is 0 Å². The lowest BCUT2D eigenvalue weighted by Gasteiger charge is -2.20. The van der Waals surface area contributed by atoms with E-state index in [1.165, 1.54) is 29.5 Å². The third-order valence-corrected chi connectivity index (χ3v) is 4.17. The maximum atomic E-state index is 12.1. The third kappa shape index (κ3) is 3.48. The summed E-state index contributed by atoms with van der Waals surface area (Å²) in [4.78, 5) is 12.1. The topological polar surface area (TPSA) is 41.1 Å². The summed E-state index contributed by atoms with van der Waals surface area (Å²) in [6, 6.07) is 14.2. The van der Waals surface area contributed by atoms with Crippen LogP contribution < -0.4 is 10.6 Å². The van der Waals surface area contributed by atoms with Gasteiger partial charge < -0.3 is 10.6 Å². The molecule has 1 aliphatic rings. The van der Waals surface area contributed by atoms with Gasteiger partial charge in [0.05, 0.1) is 6.54 Å². The number of carbonyl (C=O) groups excluding carboxylic acids is 1. The second kappa shape index (κ2) is 6.65. The maximum absolute atomic E-state index is 12.1. The molecular weight excluding hydrogens is 272 g/mol. The minimum absolute atomic E-state index is 0.0164. The summed E-state index contributed by atoms with van der Waals surface area (Å²) >= 11 is 0. The van der Waals surface area contributed by atoms with Gasteiger partial charge >= 0.3 is 0 Å². The summed E-state index contributed by atoms with van der Waals surface area (Å²) in [6.45, 7) is 2.33. The van der Waals surface area contributed by atoms with Gasteiger partial charge in [0, 0.05) is 11.4 Å². The van der Waals surface area contributed by atoms with Gasteiger partial charge in [0.1, 0.15) is 0 Å². The minimum Gasteiger partial charge on any atom is -0.376 e. The van der Waals surface area contributed by atoms with Crippen LogP contribution in [0.1, 0.15) is 29.5 Å². The Morgan fingerprint density at radius 2 is 1.82 bits per heavy atom. The van der Waals surface area contributed by atoms with Gasteiger partial charge in [-0.05, 0) is 61.9 Å². The first-order valence-electron chi connectivity index (χ1n) is 7.93. The van der Waals surface area contributed by atoms with Crippen molar-refractivity contribution in [3.63, 3.8) is 0 Å². The molecule has 1 aliphatic carbocycles. The largest absolute Gasteiger partial charge is 0.376 e. The molecule has 0 aliphatic heterocycles. The Balaban J connectivity index is 1.60. The highest BCUT2D eigenvalue weighted by atomic mass is 16.1. The number of aryl methyl sites for hydroxylation is 2. The number of hydrogen-bond acceptors (Lipinski definition) is 2. The zero-order valence-electron chi connectivity index (χ0n) is 13.0. The fraction of sp³-hybridized carbons (Fsp3) is 0.316. The van der Waals surface area contributed by atoms with Crippen molar-refractivity contribution in [1.82, 2.24) is 0 Å². The highest BCUT2D eigenvalue weighted by Crippen LogP contribution is 2.27. The molecule has 2 aromatic rings. The van der Waals surface area contributed by atoms with E-state index in [0.29, 0.717) is 6.54 Å². The Kier molecular flexibility index (Phi) is 4.42. The molecule has 3 rings (SSSR count). The second-order valence-electron chi connectivity index (χ2n) is 5.92. The molecule has 1 amide bonds. The van der Waals surface area contributed by atoms with Crippen molar-refractivity contribution >= 4 is 17.3 Å². The van der Waals surface area contributed by atoms with Crippen molar-refractivity contribution < 1.29 is 4.79 Å². The van der Waals surface area contributed by atoms with Crippen LogP contribution in [0.15, 0.2) is 42.5 Å². The standard InChI is InChI=1S/C19H22N2O/c1-14-9-11-16(12-10-14)21-19(22)13-20-18-8-4-6-15-5-2-3-7-17(15)18/h4,6,8-12,20H,2-3,5,7,13H2,1H3,(H,21,22). The van der Waals surface area contributed by atoms with Crippen LogP contribution in [0.3, 0.4) is 0 Å².